The van der Waals surface area contributed by atoms with E-state index >= 15 is 0 Å². The second kappa shape index (κ2) is 6.62. The topological polar surface area (TPSA) is 93.5 Å². The molecule has 1 aromatic heterocycles. The number of hydrogen-bond donors (Lipinski definition) is 2. The van der Waals surface area contributed by atoms with Gasteiger partial charge in [-0.2, -0.15) is 5.10 Å². The summed E-state index contributed by atoms with van der Waals surface area (Å²) in [4.78, 5) is 23.6. The summed E-state index contributed by atoms with van der Waals surface area (Å²) in [6.07, 6.45) is 3.98. The molecule has 23 heavy (non-hydrogen) atoms. The van der Waals surface area contributed by atoms with Crippen LogP contribution in [-0.4, -0.2) is 33.4 Å². The molecule has 120 valence electrons. The minimum Gasteiger partial charge on any atom is -0.476 e. The first-order valence-corrected chi connectivity index (χ1v) is 7.45. The van der Waals surface area contributed by atoms with Crippen LogP contribution in [-0.2, 0) is 4.74 Å². The van der Waals surface area contributed by atoms with Crippen molar-refractivity contribution < 1.29 is 19.4 Å². The fourth-order valence-electron chi connectivity index (χ4n) is 2.50. The molecule has 1 saturated heterocycles. The number of aromatic nitrogens is 2. The molecule has 0 aliphatic carbocycles. The molecule has 1 aliphatic heterocycles. The van der Waals surface area contributed by atoms with Crippen molar-refractivity contribution in [3.05, 3.63) is 47.8 Å². The quantitative estimate of drug-likeness (QED) is 0.904. The summed E-state index contributed by atoms with van der Waals surface area (Å²) in [5, 5.41) is 16.0. The summed E-state index contributed by atoms with van der Waals surface area (Å²) >= 11 is 0. The number of amides is 1. The number of nitrogens with zero attached hydrogens (tertiary/aromatic N) is 2. The molecule has 2 heterocycles. The van der Waals surface area contributed by atoms with Gasteiger partial charge in [0.2, 0.25) is 0 Å². The first-order chi connectivity index (χ1) is 11.1. The van der Waals surface area contributed by atoms with Crippen LogP contribution in [0.4, 0.5) is 5.69 Å². The lowest BCUT2D eigenvalue weighted by Crippen LogP contribution is -2.19. The number of ether oxygens (including phenoxy) is 1. The van der Waals surface area contributed by atoms with E-state index in [1.807, 2.05) is 0 Å². The molecule has 1 unspecified atom stereocenters. The van der Waals surface area contributed by atoms with E-state index in [-0.39, 0.29) is 23.5 Å². The predicted molar refractivity (Wildman–Crippen MR) is 82.4 cm³/mol. The summed E-state index contributed by atoms with van der Waals surface area (Å²) in [6, 6.07) is 8.60. The number of benzene rings is 1. The van der Waals surface area contributed by atoms with Crippen molar-refractivity contribution in [2.45, 2.75) is 25.5 Å². The van der Waals surface area contributed by atoms with Crippen LogP contribution < -0.4 is 5.32 Å². The average molecular weight is 315 g/mol. The molecule has 1 aromatic carbocycles. The van der Waals surface area contributed by atoms with Crippen molar-refractivity contribution in [3.63, 3.8) is 0 Å². The van der Waals surface area contributed by atoms with Crippen LogP contribution in [0.3, 0.4) is 0 Å². The van der Waals surface area contributed by atoms with E-state index in [0.29, 0.717) is 12.2 Å². The highest BCUT2D eigenvalue weighted by molar-refractivity contribution is 6.07. The largest absolute Gasteiger partial charge is 0.476 e. The highest BCUT2D eigenvalue weighted by Crippen LogP contribution is 2.25. The lowest BCUT2D eigenvalue weighted by atomic mass is 10.2. The van der Waals surface area contributed by atoms with Gasteiger partial charge < -0.3 is 15.2 Å². The SMILES string of the molecule is O=C(Nc1cn(C2CCCCO2)nc1C(=O)O)c1ccccc1. The van der Waals surface area contributed by atoms with Crippen LogP contribution in [0.2, 0.25) is 0 Å². The fraction of sp³-hybridized carbons (Fsp3) is 0.312. The lowest BCUT2D eigenvalue weighted by Gasteiger charge is -2.22. The molecule has 0 spiro atoms. The molecule has 0 saturated carbocycles. The molecule has 0 radical (unpaired) electrons. The Hall–Kier alpha value is -2.67. The van der Waals surface area contributed by atoms with Crippen molar-refractivity contribution in [2.75, 3.05) is 11.9 Å². The number of anilines is 1. The van der Waals surface area contributed by atoms with Gasteiger partial charge in [-0.1, -0.05) is 18.2 Å². The number of carbonyl (C=O) groups excluding carboxylic acids is 1. The van der Waals surface area contributed by atoms with Crippen LogP contribution in [0.5, 0.6) is 0 Å². The smallest absolute Gasteiger partial charge is 0.358 e. The molecule has 1 atom stereocenters. The van der Waals surface area contributed by atoms with Crippen LogP contribution in [0.25, 0.3) is 0 Å². The molecule has 2 aromatic rings. The third kappa shape index (κ3) is 3.40. The molecule has 7 heteroatoms. The maximum atomic E-state index is 12.2. The van der Waals surface area contributed by atoms with E-state index in [9.17, 15) is 14.7 Å². The molecular formula is C16H17N3O4. The number of carboxylic acids is 1. The van der Waals surface area contributed by atoms with Gasteiger partial charge in [-0.25, -0.2) is 9.48 Å². The third-order valence-corrected chi connectivity index (χ3v) is 3.67. The summed E-state index contributed by atoms with van der Waals surface area (Å²) in [5.74, 6) is -1.57. The number of carbonyl (C=O) groups is 2. The van der Waals surface area contributed by atoms with Crippen molar-refractivity contribution in [1.82, 2.24) is 9.78 Å². The zero-order valence-electron chi connectivity index (χ0n) is 12.4. The Bertz CT molecular complexity index is 705. The van der Waals surface area contributed by atoms with Crippen LogP contribution in [0.1, 0.15) is 46.3 Å². The Morgan fingerprint density at radius 1 is 1.26 bits per heavy atom. The molecule has 7 nitrogen and oxygen atoms in total. The molecule has 1 fully saturated rings. The van der Waals surface area contributed by atoms with Gasteiger partial charge in [-0.3, -0.25) is 4.79 Å². The normalized spacial score (nSPS) is 17.7. The van der Waals surface area contributed by atoms with Gasteiger partial charge >= 0.3 is 5.97 Å². The van der Waals surface area contributed by atoms with Gasteiger partial charge in [0.05, 0.1) is 11.9 Å². The minimum atomic E-state index is -1.19. The second-order valence-electron chi connectivity index (χ2n) is 5.32. The predicted octanol–water partition coefficient (Wildman–Crippen LogP) is 2.53. The maximum Gasteiger partial charge on any atom is 0.358 e. The summed E-state index contributed by atoms with van der Waals surface area (Å²) < 4.78 is 7.07. The van der Waals surface area contributed by atoms with Crippen LogP contribution >= 0.6 is 0 Å². The zero-order chi connectivity index (χ0) is 16.2. The third-order valence-electron chi connectivity index (χ3n) is 3.67. The Kier molecular flexibility index (Phi) is 4.38. The highest BCUT2D eigenvalue weighted by atomic mass is 16.5. The van der Waals surface area contributed by atoms with Crippen molar-refractivity contribution in [2.24, 2.45) is 0 Å². The number of nitrogens with one attached hydrogen (secondary N) is 1. The van der Waals surface area contributed by atoms with Crippen LogP contribution in [0, 0.1) is 0 Å². The van der Waals surface area contributed by atoms with Gasteiger partial charge in [-0.05, 0) is 31.4 Å². The van der Waals surface area contributed by atoms with Gasteiger partial charge in [0.15, 0.2) is 5.69 Å². The number of rotatable bonds is 4. The molecule has 1 aliphatic rings. The summed E-state index contributed by atoms with van der Waals surface area (Å²) in [5.41, 5.74) is 0.425. The minimum absolute atomic E-state index is 0.167. The monoisotopic (exact) mass is 315 g/mol. The van der Waals surface area contributed by atoms with E-state index in [1.165, 1.54) is 10.9 Å². The zero-order valence-corrected chi connectivity index (χ0v) is 12.4. The number of aromatic carboxylic acids is 1. The Morgan fingerprint density at radius 2 is 2.04 bits per heavy atom. The van der Waals surface area contributed by atoms with Gasteiger partial charge in [0, 0.05) is 12.2 Å². The van der Waals surface area contributed by atoms with E-state index in [4.69, 9.17) is 4.74 Å². The van der Waals surface area contributed by atoms with Gasteiger partial charge in [-0.15, -0.1) is 0 Å². The summed E-state index contributed by atoms with van der Waals surface area (Å²) in [6.45, 7) is 0.624. The first kappa shape index (κ1) is 15.2. The van der Waals surface area contributed by atoms with Gasteiger partial charge in [0.1, 0.15) is 6.23 Å². The Labute approximate surface area is 132 Å². The highest BCUT2D eigenvalue weighted by Gasteiger charge is 2.23. The molecular weight excluding hydrogens is 298 g/mol. The Balaban J connectivity index is 1.84. The molecule has 3 rings (SSSR count). The standard InChI is InChI=1S/C16H17N3O4/c20-15(11-6-2-1-3-7-11)17-12-10-19(18-14(12)16(21)22)13-8-4-5-9-23-13/h1-3,6-7,10,13H,4-5,8-9H2,(H,17,20)(H,21,22). The molecule has 0 bridgehead atoms. The molecule has 2 N–H and O–H groups in total. The lowest BCUT2D eigenvalue weighted by molar-refractivity contribution is -0.0396. The van der Waals surface area contributed by atoms with Crippen molar-refractivity contribution in [1.29, 1.82) is 0 Å². The van der Waals surface area contributed by atoms with Crippen molar-refractivity contribution >= 4 is 17.6 Å². The van der Waals surface area contributed by atoms with Gasteiger partial charge in [0.25, 0.3) is 5.91 Å². The van der Waals surface area contributed by atoms with Crippen LogP contribution in [0.15, 0.2) is 36.5 Å². The number of hydrogen-bond acceptors (Lipinski definition) is 4. The summed E-state index contributed by atoms with van der Waals surface area (Å²) in [7, 11) is 0. The fourth-order valence-corrected chi connectivity index (χ4v) is 2.50. The maximum absolute atomic E-state index is 12.2. The number of carboxylic acid groups (broad SMARTS) is 1. The van der Waals surface area contributed by atoms with E-state index in [1.54, 1.807) is 30.3 Å². The van der Waals surface area contributed by atoms with E-state index in [0.717, 1.165) is 19.3 Å². The Morgan fingerprint density at radius 3 is 2.70 bits per heavy atom. The first-order valence-electron chi connectivity index (χ1n) is 7.45. The average Bonchev–Trinajstić information content (AvgIpc) is 3.00. The second-order valence-corrected chi connectivity index (χ2v) is 5.32. The van der Waals surface area contributed by atoms with Crippen molar-refractivity contribution in [3.8, 4) is 0 Å². The van der Waals surface area contributed by atoms with E-state index < -0.39 is 5.97 Å². The molecule has 1 amide bonds. The van der Waals surface area contributed by atoms with E-state index in [2.05, 4.69) is 10.4 Å².